The first-order chi connectivity index (χ1) is 8.65. The molecule has 2 aliphatic rings. The fourth-order valence-corrected chi connectivity index (χ4v) is 3.58. The first kappa shape index (κ1) is 11.6. The Hall–Kier alpha value is -1.51. The molecule has 0 spiro atoms. The SMILES string of the molecule is Cc1c(N)cccc1NC(=O)C1CC2CCC1C2. The highest BCUT2D eigenvalue weighted by molar-refractivity contribution is 5.94. The standard InChI is InChI=1S/C15H20N2O/c1-9-13(16)3-2-4-14(9)17-15(18)12-8-10-5-6-11(12)7-10/h2-4,10-12H,5-8,16H2,1H3,(H,17,18). The fraction of sp³-hybridized carbons (Fsp3) is 0.533. The lowest BCUT2D eigenvalue weighted by molar-refractivity contribution is -0.121. The summed E-state index contributed by atoms with van der Waals surface area (Å²) in [6, 6.07) is 5.68. The van der Waals surface area contributed by atoms with E-state index in [1.807, 2.05) is 25.1 Å². The molecule has 3 nitrogen and oxygen atoms in total. The minimum absolute atomic E-state index is 0.191. The van der Waals surface area contributed by atoms with Crippen LogP contribution in [0, 0.1) is 24.7 Å². The van der Waals surface area contributed by atoms with Gasteiger partial charge in [-0.25, -0.2) is 0 Å². The molecule has 1 aromatic rings. The summed E-state index contributed by atoms with van der Waals surface area (Å²) in [4.78, 5) is 12.3. The summed E-state index contributed by atoms with van der Waals surface area (Å²) in [6.07, 6.45) is 4.90. The number of fused-ring (bicyclic) bond motifs is 2. The first-order valence-corrected chi connectivity index (χ1v) is 6.81. The third kappa shape index (κ3) is 1.88. The van der Waals surface area contributed by atoms with Gasteiger partial charge < -0.3 is 11.1 Å². The zero-order valence-electron chi connectivity index (χ0n) is 10.8. The number of nitrogens with one attached hydrogen (secondary N) is 1. The highest BCUT2D eigenvalue weighted by Gasteiger charge is 2.43. The maximum absolute atomic E-state index is 12.3. The van der Waals surface area contributed by atoms with Crippen molar-refractivity contribution in [1.82, 2.24) is 0 Å². The van der Waals surface area contributed by atoms with Crippen LogP contribution < -0.4 is 11.1 Å². The number of amides is 1. The zero-order chi connectivity index (χ0) is 12.7. The van der Waals surface area contributed by atoms with Crippen molar-refractivity contribution in [2.24, 2.45) is 17.8 Å². The maximum Gasteiger partial charge on any atom is 0.227 e. The highest BCUT2D eigenvalue weighted by Crippen LogP contribution is 2.48. The molecule has 2 fully saturated rings. The molecule has 2 aliphatic carbocycles. The van der Waals surface area contributed by atoms with Gasteiger partial charge in [-0.3, -0.25) is 4.79 Å². The van der Waals surface area contributed by atoms with Gasteiger partial charge in [-0.1, -0.05) is 12.5 Å². The van der Waals surface area contributed by atoms with Crippen molar-refractivity contribution in [2.45, 2.75) is 32.6 Å². The average Bonchev–Trinajstić information content (AvgIpc) is 2.97. The van der Waals surface area contributed by atoms with E-state index in [-0.39, 0.29) is 11.8 Å². The first-order valence-electron chi connectivity index (χ1n) is 6.81. The minimum atomic E-state index is 0.191. The van der Waals surface area contributed by atoms with Gasteiger partial charge in [0.2, 0.25) is 5.91 Å². The number of carbonyl (C=O) groups excluding carboxylic acids is 1. The van der Waals surface area contributed by atoms with Crippen molar-refractivity contribution in [3.05, 3.63) is 23.8 Å². The number of benzene rings is 1. The van der Waals surface area contributed by atoms with Crippen molar-refractivity contribution in [2.75, 3.05) is 11.1 Å². The van der Waals surface area contributed by atoms with Crippen LogP contribution in [0.3, 0.4) is 0 Å². The van der Waals surface area contributed by atoms with Crippen molar-refractivity contribution in [3.8, 4) is 0 Å². The van der Waals surface area contributed by atoms with Gasteiger partial charge >= 0.3 is 0 Å². The number of carbonyl (C=O) groups is 1. The van der Waals surface area contributed by atoms with Gasteiger partial charge in [-0.15, -0.1) is 0 Å². The Bertz CT molecular complexity index is 483. The largest absolute Gasteiger partial charge is 0.398 e. The second kappa shape index (κ2) is 4.30. The van der Waals surface area contributed by atoms with E-state index in [1.54, 1.807) is 0 Å². The zero-order valence-corrected chi connectivity index (χ0v) is 10.8. The second-order valence-electron chi connectivity index (χ2n) is 5.79. The van der Waals surface area contributed by atoms with Crippen LogP contribution in [0.1, 0.15) is 31.2 Å². The smallest absolute Gasteiger partial charge is 0.227 e. The molecule has 3 rings (SSSR count). The number of rotatable bonds is 2. The molecule has 18 heavy (non-hydrogen) atoms. The lowest BCUT2D eigenvalue weighted by atomic mass is 9.88. The molecule has 3 unspecified atom stereocenters. The molecule has 0 saturated heterocycles. The summed E-state index contributed by atoms with van der Waals surface area (Å²) in [5, 5.41) is 3.06. The van der Waals surface area contributed by atoms with Crippen LogP contribution in [0.5, 0.6) is 0 Å². The van der Waals surface area contributed by atoms with Gasteiger partial charge in [0.1, 0.15) is 0 Å². The highest BCUT2D eigenvalue weighted by atomic mass is 16.1. The van der Waals surface area contributed by atoms with Crippen LogP contribution in [0.15, 0.2) is 18.2 Å². The van der Waals surface area contributed by atoms with Gasteiger partial charge in [0.15, 0.2) is 0 Å². The third-order valence-corrected chi connectivity index (χ3v) is 4.71. The fourth-order valence-electron chi connectivity index (χ4n) is 3.58. The van der Waals surface area contributed by atoms with E-state index in [0.29, 0.717) is 5.92 Å². The lowest BCUT2D eigenvalue weighted by Gasteiger charge is -2.21. The van der Waals surface area contributed by atoms with E-state index >= 15 is 0 Å². The van der Waals surface area contributed by atoms with Gasteiger partial charge in [0.25, 0.3) is 0 Å². The minimum Gasteiger partial charge on any atom is -0.398 e. The number of hydrogen-bond acceptors (Lipinski definition) is 2. The summed E-state index contributed by atoms with van der Waals surface area (Å²) in [7, 11) is 0. The summed E-state index contributed by atoms with van der Waals surface area (Å²) in [5.41, 5.74) is 8.43. The van der Waals surface area contributed by atoms with Crippen LogP contribution in [-0.4, -0.2) is 5.91 Å². The number of anilines is 2. The Morgan fingerprint density at radius 3 is 2.83 bits per heavy atom. The predicted molar refractivity (Wildman–Crippen MR) is 73.2 cm³/mol. The van der Waals surface area contributed by atoms with Crippen LogP contribution in [0.25, 0.3) is 0 Å². The monoisotopic (exact) mass is 244 g/mol. The topological polar surface area (TPSA) is 55.1 Å². The number of hydrogen-bond donors (Lipinski definition) is 2. The van der Waals surface area contributed by atoms with Gasteiger partial charge in [-0.2, -0.15) is 0 Å². The normalized spacial score (nSPS) is 29.5. The van der Waals surface area contributed by atoms with E-state index < -0.39 is 0 Å². The van der Waals surface area contributed by atoms with E-state index in [9.17, 15) is 4.79 Å². The average molecular weight is 244 g/mol. The quantitative estimate of drug-likeness (QED) is 0.786. The Labute approximate surface area is 108 Å². The molecule has 2 bridgehead atoms. The van der Waals surface area contributed by atoms with Gasteiger partial charge in [-0.05, 0) is 55.7 Å². The van der Waals surface area contributed by atoms with E-state index in [0.717, 1.165) is 29.3 Å². The second-order valence-corrected chi connectivity index (χ2v) is 5.79. The number of nitrogens with two attached hydrogens (primary N) is 1. The lowest BCUT2D eigenvalue weighted by Crippen LogP contribution is -2.27. The summed E-state index contributed by atoms with van der Waals surface area (Å²) in [6.45, 7) is 1.95. The van der Waals surface area contributed by atoms with Crippen LogP contribution in [0.4, 0.5) is 11.4 Å². The summed E-state index contributed by atoms with van der Waals surface area (Å²) >= 11 is 0. The molecule has 0 aliphatic heterocycles. The molecule has 2 saturated carbocycles. The molecular weight excluding hydrogens is 224 g/mol. The third-order valence-electron chi connectivity index (χ3n) is 4.71. The Kier molecular flexibility index (Phi) is 2.77. The molecule has 3 heteroatoms. The summed E-state index contributed by atoms with van der Waals surface area (Å²) < 4.78 is 0. The van der Waals surface area contributed by atoms with Crippen LogP contribution >= 0.6 is 0 Å². The molecule has 96 valence electrons. The molecule has 0 heterocycles. The van der Waals surface area contributed by atoms with Crippen molar-refractivity contribution >= 4 is 17.3 Å². The van der Waals surface area contributed by atoms with E-state index in [2.05, 4.69) is 5.32 Å². The molecule has 0 radical (unpaired) electrons. The predicted octanol–water partition coefficient (Wildman–Crippen LogP) is 2.95. The molecule has 3 N–H and O–H groups in total. The Balaban J connectivity index is 1.73. The van der Waals surface area contributed by atoms with Crippen LogP contribution in [0.2, 0.25) is 0 Å². The maximum atomic E-state index is 12.3. The Morgan fingerprint density at radius 1 is 1.33 bits per heavy atom. The van der Waals surface area contributed by atoms with E-state index in [1.165, 1.54) is 19.3 Å². The van der Waals surface area contributed by atoms with Crippen molar-refractivity contribution < 1.29 is 4.79 Å². The molecule has 1 aromatic carbocycles. The summed E-state index contributed by atoms with van der Waals surface area (Å²) in [5.74, 6) is 1.84. The van der Waals surface area contributed by atoms with Crippen molar-refractivity contribution in [1.29, 1.82) is 0 Å². The molecule has 1 amide bonds. The van der Waals surface area contributed by atoms with Gasteiger partial charge in [0, 0.05) is 17.3 Å². The Morgan fingerprint density at radius 2 is 2.17 bits per heavy atom. The van der Waals surface area contributed by atoms with Crippen LogP contribution in [-0.2, 0) is 4.79 Å². The molecule has 0 aromatic heterocycles. The number of nitrogen functional groups attached to an aromatic ring is 1. The van der Waals surface area contributed by atoms with Crippen molar-refractivity contribution in [3.63, 3.8) is 0 Å². The molecular formula is C15H20N2O. The molecule has 3 atom stereocenters. The van der Waals surface area contributed by atoms with E-state index in [4.69, 9.17) is 5.73 Å². The van der Waals surface area contributed by atoms with Gasteiger partial charge in [0.05, 0.1) is 0 Å².